The lowest BCUT2D eigenvalue weighted by Gasteiger charge is -2.04. The lowest BCUT2D eigenvalue weighted by molar-refractivity contribution is 0.914. The van der Waals surface area contributed by atoms with E-state index >= 15 is 0 Å². The van der Waals surface area contributed by atoms with E-state index in [2.05, 4.69) is 9.97 Å². The Balaban J connectivity index is 2.79. The molecule has 78 valence electrons. The molecule has 1 aromatic heterocycles. The van der Waals surface area contributed by atoms with Crippen LogP contribution >= 0.6 is 23.2 Å². The van der Waals surface area contributed by atoms with Crippen molar-refractivity contribution in [1.29, 1.82) is 0 Å². The molecule has 0 fully saturated rings. The van der Waals surface area contributed by atoms with Crippen LogP contribution in [0.5, 0.6) is 0 Å². The Morgan fingerprint density at radius 1 is 1.47 bits per heavy atom. The minimum absolute atomic E-state index is 0.218. The summed E-state index contributed by atoms with van der Waals surface area (Å²) < 4.78 is 0. The third kappa shape index (κ3) is 1.98. The van der Waals surface area contributed by atoms with Gasteiger partial charge in [0.25, 0.3) is 5.56 Å². The van der Waals surface area contributed by atoms with Crippen LogP contribution in [0.2, 0.25) is 5.02 Å². The van der Waals surface area contributed by atoms with E-state index in [0.717, 1.165) is 0 Å². The standard InChI is InChI=1S/C10H8Cl2N2O/c1-5(11)9-13-8-3-2-6(12)4-7(8)10(15)14-9/h2-5H,1H3,(H,13,14,15)/t5-/m0/s1. The zero-order valence-corrected chi connectivity index (χ0v) is 9.43. The predicted octanol–water partition coefficient (Wildman–Crippen LogP) is 2.88. The number of halogens is 2. The van der Waals surface area contributed by atoms with Crippen LogP contribution in [-0.2, 0) is 0 Å². The summed E-state index contributed by atoms with van der Waals surface area (Å²) in [5, 5.41) is 0.669. The third-order valence-corrected chi connectivity index (χ3v) is 2.50. The Kier molecular flexibility index (Phi) is 2.67. The first kappa shape index (κ1) is 10.5. The number of hydrogen-bond donors (Lipinski definition) is 1. The smallest absolute Gasteiger partial charge is 0.258 e. The van der Waals surface area contributed by atoms with E-state index in [1.54, 1.807) is 25.1 Å². The van der Waals surface area contributed by atoms with Gasteiger partial charge in [-0.25, -0.2) is 4.98 Å². The molecule has 5 heteroatoms. The lowest BCUT2D eigenvalue weighted by Crippen LogP contribution is -2.12. The highest BCUT2D eigenvalue weighted by molar-refractivity contribution is 6.31. The molecule has 1 N–H and O–H groups in total. The number of aromatic nitrogens is 2. The number of alkyl halides is 1. The van der Waals surface area contributed by atoms with Crippen LogP contribution in [0.1, 0.15) is 18.1 Å². The van der Waals surface area contributed by atoms with Gasteiger partial charge < -0.3 is 4.98 Å². The number of hydrogen-bond acceptors (Lipinski definition) is 2. The molecule has 0 unspecified atom stereocenters. The predicted molar refractivity (Wildman–Crippen MR) is 61.6 cm³/mol. The number of H-pyrrole nitrogens is 1. The summed E-state index contributed by atoms with van der Waals surface area (Å²) in [5.74, 6) is 0.469. The minimum atomic E-state index is -0.322. The van der Waals surface area contributed by atoms with E-state index in [4.69, 9.17) is 23.2 Å². The van der Waals surface area contributed by atoms with E-state index in [1.165, 1.54) is 0 Å². The highest BCUT2D eigenvalue weighted by atomic mass is 35.5. The summed E-state index contributed by atoms with van der Waals surface area (Å²) in [4.78, 5) is 18.5. The fourth-order valence-electron chi connectivity index (χ4n) is 1.32. The highest BCUT2D eigenvalue weighted by Gasteiger charge is 2.08. The molecule has 0 radical (unpaired) electrons. The maximum absolute atomic E-state index is 11.6. The summed E-state index contributed by atoms with van der Waals surface area (Å²) in [6.07, 6.45) is 0. The molecule has 15 heavy (non-hydrogen) atoms. The van der Waals surface area contributed by atoms with Gasteiger partial charge in [0.05, 0.1) is 16.3 Å². The fraction of sp³-hybridized carbons (Fsp3) is 0.200. The Morgan fingerprint density at radius 2 is 2.20 bits per heavy atom. The number of benzene rings is 1. The average molecular weight is 243 g/mol. The number of fused-ring (bicyclic) bond motifs is 1. The molecule has 0 amide bonds. The SMILES string of the molecule is C[C@H](Cl)c1nc2ccc(Cl)cc2c(=O)[nH]1. The summed E-state index contributed by atoms with van der Waals surface area (Å²) in [5.41, 5.74) is 0.385. The molecule has 3 nitrogen and oxygen atoms in total. The van der Waals surface area contributed by atoms with E-state index in [-0.39, 0.29) is 10.9 Å². The van der Waals surface area contributed by atoms with Gasteiger partial charge in [-0.15, -0.1) is 11.6 Å². The number of aromatic amines is 1. The lowest BCUT2D eigenvalue weighted by atomic mass is 10.2. The first-order valence-electron chi connectivity index (χ1n) is 4.41. The van der Waals surface area contributed by atoms with Crippen LogP contribution in [0, 0.1) is 0 Å². The normalized spacial score (nSPS) is 13.0. The molecule has 0 saturated carbocycles. The van der Waals surface area contributed by atoms with E-state index in [1.807, 2.05) is 0 Å². The molecule has 1 atom stereocenters. The van der Waals surface area contributed by atoms with Crippen molar-refractivity contribution in [1.82, 2.24) is 9.97 Å². The molecule has 1 heterocycles. The van der Waals surface area contributed by atoms with Gasteiger partial charge >= 0.3 is 0 Å². The number of nitrogens with zero attached hydrogens (tertiary/aromatic N) is 1. The van der Waals surface area contributed by atoms with Crippen LogP contribution in [-0.4, -0.2) is 9.97 Å². The first-order chi connectivity index (χ1) is 7.08. The van der Waals surface area contributed by atoms with Crippen molar-refractivity contribution in [2.75, 3.05) is 0 Å². The topological polar surface area (TPSA) is 45.8 Å². The summed E-state index contributed by atoms with van der Waals surface area (Å²) >= 11 is 11.6. The average Bonchev–Trinajstić information content (AvgIpc) is 2.18. The molecule has 0 aliphatic heterocycles. The third-order valence-electron chi connectivity index (χ3n) is 2.06. The molecule has 2 rings (SSSR count). The van der Waals surface area contributed by atoms with Gasteiger partial charge in [-0.2, -0.15) is 0 Å². The van der Waals surface area contributed by atoms with Gasteiger partial charge in [-0.05, 0) is 25.1 Å². The van der Waals surface area contributed by atoms with Gasteiger partial charge in [0.2, 0.25) is 0 Å². The van der Waals surface area contributed by atoms with Crippen molar-refractivity contribution >= 4 is 34.1 Å². The summed E-state index contributed by atoms with van der Waals surface area (Å²) in [7, 11) is 0. The maximum Gasteiger partial charge on any atom is 0.258 e. The van der Waals surface area contributed by atoms with Crippen LogP contribution in [0.4, 0.5) is 0 Å². The molecule has 1 aromatic carbocycles. The van der Waals surface area contributed by atoms with Crippen molar-refractivity contribution < 1.29 is 0 Å². The van der Waals surface area contributed by atoms with Gasteiger partial charge in [0.1, 0.15) is 5.82 Å². The second-order valence-electron chi connectivity index (χ2n) is 3.23. The zero-order valence-electron chi connectivity index (χ0n) is 7.92. The maximum atomic E-state index is 11.6. The van der Waals surface area contributed by atoms with Gasteiger partial charge in [-0.1, -0.05) is 11.6 Å². The summed E-state index contributed by atoms with van der Waals surface area (Å²) in [6, 6.07) is 4.99. The molecule has 0 saturated heterocycles. The Bertz CT molecular complexity index is 563. The molecule has 2 aromatic rings. The fourth-order valence-corrected chi connectivity index (χ4v) is 1.59. The number of rotatable bonds is 1. The largest absolute Gasteiger partial charge is 0.309 e. The second kappa shape index (κ2) is 3.83. The van der Waals surface area contributed by atoms with Gasteiger partial charge in [0, 0.05) is 5.02 Å². The van der Waals surface area contributed by atoms with Crippen molar-refractivity contribution in [3.05, 3.63) is 39.4 Å². The van der Waals surface area contributed by atoms with Crippen LogP contribution in [0.25, 0.3) is 10.9 Å². The summed E-state index contributed by atoms with van der Waals surface area (Å²) in [6.45, 7) is 1.75. The minimum Gasteiger partial charge on any atom is -0.309 e. The van der Waals surface area contributed by atoms with Crippen LogP contribution in [0.3, 0.4) is 0 Å². The molecular formula is C10H8Cl2N2O. The Labute approximate surface area is 96.1 Å². The van der Waals surface area contributed by atoms with Crippen molar-refractivity contribution in [2.45, 2.75) is 12.3 Å². The second-order valence-corrected chi connectivity index (χ2v) is 4.32. The van der Waals surface area contributed by atoms with Gasteiger partial charge in [-0.3, -0.25) is 4.79 Å². The Morgan fingerprint density at radius 3 is 2.87 bits per heavy atom. The van der Waals surface area contributed by atoms with Crippen molar-refractivity contribution in [3.8, 4) is 0 Å². The van der Waals surface area contributed by atoms with Crippen LogP contribution in [0.15, 0.2) is 23.0 Å². The first-order valence-corrected chi connectivity index (χ1v) is 5.23. The monoisotopic (exact) mass is 242 g/mol. The van der Waals surface area contributed by atoms with Gasteiger partial charge in [0.15, 0.2) is 0 Å². The molecule has 0 bridgehead atoms. The van der Waals surface area contributed by atoms with E-state index in [0.29, 0.717) is 21.7 Å². The van der Waals surface area contributed by atoms with Crippen molar-refractivity contribution in [2.24, 2.45) is 0 Å². The molecule has 0 aliphatic carbocycles. The quantitative estimate of drug-likeness (QED) is 0.782. The molecule has 0 aliphatic rings. The van der Waals surface area contributed by atoms with Crippen molar-refractivity contribution in [3.63, 3.8) is 0 Å². The van der Waals surface area contributed by atoms with E-state index in [9.17, 15) is 4.79 Å². The highest BCUT2D eigenvalue weighted by Crippen LogP contribution is 2.18. The molecular weight excluding hydrogens is 235 g/mol. The zero-order chi connectivity index (χ0) is 11.0. The Hall–Kier alpha value is -1.06. The van der Waals surface area contributed by atoms with E-state index < -0.39 is 0 Å². The molecule has 0 spiro atoms. The number of nitrogens with one attached hydrogen (secondary N) is 1. The van der Waals surface area contributed by atoms with Crippen LogP contribution < -0.4 is 5.56 Å².